The van der Waals surface area contributed by atoms with Crippen molar-refractivity contribution in [3.63, 3.8) is 0 Å². The number of hydrogen-bond donors (Lipinski definition) is 1. The smallest absolute Gasteiger partial charge is 0.317 e. The molecule has 1 rings (SSSR count). The van der Waals surface area contributed by atoms with Crippen molar-refractivity contribution >= 4 is 37.9 Å². The highest BCUT2D eigenvalue weighted by Gasteiger charge is 2.10. The quantitative estimate of drug-likeness (QED) is 0.673. The van der Waals surface area contributed by atoms with Gasteiger partial charge in [-0.1, -0.05) is 44.0 Å². The summed E-state index contributed by atoms with van der Waals surface area (Å²) in [4.78, 5) is 13.8. The number of benzene rings is 1. The molecule has 0 saturated heterocycles. The third kappa shape index (κ3) is 6.13. The molecule has 0 radical (unpaired) electrons. The number of nitrogens with one attached hydrogen (secondary N) is 1. The fourth-order valence-corrected chi connectivity index (χ4v) is 2.59. The predicted octanol–water partition coefficient (Wildman–Crippen LogP) is 3.04. The lowest BCUT2D eigenvalue weighted by Gasteiger charge is -2.21. The van der Waals surface area contributed by atoms with Crippen LogP contribution in [0.1, 0.15) is 5.56 Å². The number of methoxy groups -OCH3 is 1. The van der Waals surface area contributed by atoms with Crippen molar-refractivity contribution in [3.05, 3.63) is 29.8 Å². The van der Waals surface area contributed by atoms with E-state index in [0.29, 0.717) is 19.6 Å². The van der Waals surface area contributed by atoms with Crippen LogP contribution in [0.15, 0.2) is 24.3 Å². The van der Waals surface area contributed by atoms with E-state index in [0.717, 1.165) is 22.8 Å². The summed E-state index contributed by atoms with van der Waals surface area (Å²) in [5.74, 6) is 0.846. The molecule has 0 aliphatic heterocycles. The van der Waals surface area contributed by atoms with Crippen molar-refractivity contribution in [3.8, 4) is 5.75 Å². The molecule has 0 heterocycles. The Morgan fingerprint density at radius 3 is 2.30 bits per heavy atom. The molecule has 4 nitrogen and oxygen atoms in total. The number of nitrogens with zero attached hydrogens (tertiary/aromatic N) is 1. The zero-order chi connectivity index (χ0) is 14.8. The number of rotatable bonds is 8. The normalized spacial score (nSPS) is 10.2. The minimum absolute atomic E-state index is 0.0163. The van der Waals surface area contributed by atoms with Gasteiger partial charge in [-0.05, 0) is 24.1 Å². The minimum Gasteiger partial charge on any atom is -0.497 e. The van der Waals surface area contributed by atoms with Gasteiger partial charge < -0.3 is 15.0 Å². The predicted molar refractivity (Wildman–Crippen MR) is 89.3 cm³/mol. The maximum Gasteiger partial charge on any atom is 0.317 e. The van der Waals surface area contributed by atoms with E-state index in [1.165, 1.54) is 5.56 Å². The van der Waals surface area contributed by atoms with Gasteiger partial charge in [-0.25, -0.2) is 4.79 Å². The Bertz CT molecular complexity index is 393. The first-order chi connectivity index (χ1) is 9.71. The van der Waals surface area contributed by atoms with E-state index >= 15 is 0 Å². The molecule has 0 unspecified atom stereocenters. The largest absolute Gasteiger partial charge is 0.497 e. The van der Waals surface area contributed by atoms with E-state index in [4.69, 9.17) is 4.74 Å². The van der Waals surface area contributed by atoms with Crippen molar-refractivity contribution in [2.75, 3.05) is 37.4 Å². The van der Waals surface area contributed by atoms with Gasteiger partial charge in [0.1, 0.15) is 5.75 Å². The zero-order valence-electron chi connectivity index (χ0n) is 11.6. The molecule has 2 amide bonds. The van der Waals surface area contributed by atoms with Gasteiger partial charge in [0.25, 0.3) is 0 Å². The average molecular weight is 408 g/mol. The summed E-state index contributed by atoms with van der Waals surface area (Å²) in [6.07, 6.45) is 0.812. The van der Waals surface area contributed by atoms with Crippen LogP contribution in [0.4, 0.5) is 4.79 Å². The molecule has 0 aliphatic rings. The Labute approximate surface area is 137 Å². The van der Waals surface area contributed by atoms with Crippen LogP contribution in [-0.4, -0.2) is 48.3 Å². The second-order valence-corrected chi connectivity index (χ2v) is 5.78. The Hall–Kier alpha value is -0.750. The summed E-state index contributed by atoms with van der Waals surface area (Å²) < 4.78 is 5.11. The van der Waals surface area contributed by atoms with Crippen molar-refractivity contribution in [1.82, 2.24) is 10.2 Å². The number of carbonyl (C=O) groups excluding carboxylic acids is 1. The molecular weight excluding hydrogens is 388 g/mol. The molecule has 0 bridgehead atoms. The molecule has 0 aliphatic carbocycles. The first-order valence-corrected chi connectivity index (χ1v) is 8.73. The first kappa shape index (κ1) is 17.3. The van der Waals surface area contributed by atoms with Gasteiger partial charge in [-0.15, -0.1) is 0 Å². The summed E-state index contributed by atoms with van der Waals surface area (Å²) >= 11 is 6.72. The second-order valence-electron chi connectivity index (χ2n) is 4.20. The highest BCUT2D eigenvalue weighted by Crippen LogP contribution is 2.11. The Kier molecular flexibility index (Phi) is 8.69. The summed E-state index contributed by atoms with van der Waals surface area (Å²) in [7, 11) is 1.65. The van der Waals surface area contributed by atoms with Crippen LogP contribution >= 0.6 is 31.9 Å². The third-order valence-corrected chi connectivity index (χ3v) is 3.55. The topological polar surface area (TPSA) is 41.6 Å². The third-order valence-electron chi connectivity index (χ3n) is 2.85. The van der Waals surface area contributed by atoms with Crippen molar-refractivity contribution in [1.29, 1.82) is 0 Å². The van der Waals surface area contributed by atoms with Gasteiger partial charge in [0.15, 0.2) is 0 Å². The molecule has 6 heteroatoms. The highest BCUT2D eigenvalue weighted by molar-refractivity contribution is 9.09. The van der Waals surface area contributed by atoms with E-state index in [2.05, 4.69) is 37.2 Å². The van der Waals surface area contributed by atoms with Gasteiger partial charge in [0, 0.05) is 30.3 Å². The Morgan fingerprint density at radius 1 is 1.20 bits per heavy atom. The average Bonchev–Trinajstić information content (AvgIpc) is 2.47. The van der Waals surface area contributed by atoms with Gasteiger partial charge in [-0.3, -0.25) is 0 Å². The number of urea groups is 1. The van der Waals surface area contributed by atoms with E-state index in [1.807, 2.05) is 24.3 Å². The lowest BCUT2D eigenvalue weighted by Crippen LogP contribution is -2.42. The van der Waals surface area contributed by atoms with E-state index < -0.39 is 0 Å². The maximum absolute atomic E-state index is 12.0. The molecule has 0 atom stereocenters. The van der Waals surface area contributed by atoms with Crippen LogP contribution in [-0.2, 0) is 6.42 Å². The fourth-order valence-electron chi connectivity index (χ4n) is 1.74. The molecule has 1 aromatic rings. The minimum atomic E-state index is -0.0163. The number of hydrogen-bond acceptors (Lipinski definition) is 2. The molecule has 1 N–H and O–H groups in total. The van der Waals surface area contributed by atoms with Crippen molar-refractivity contribution in [2.24, 2.45) is 0 Å². The number of alkyl halides is 2. The number of ether oxygens (including phenoxy) is 1. The Morgan fingerprint density at radius 2 is 1.80 bits per heavy atom. The van der Waals surface area contributed by atoms with Crippen LogP contribution in [0.2, 0.25) is 0 Å². The van der Waals surface area contributed by atoms with E-state index in [-0.39, 0.29) is 6.03 Å². The van der Waals surface area contributed by atoms with Gasteiger partial charge >= 0.3 is 6.03 Å². The van der Waals surface area contributed by atoms with Gasteiger partial charge in [-0.2, -0.15) is 0 Å². The van der Waals surface area contributed by atoms with Gasteiger partial charge in [0.2, 0.25) is 0 Å². The maximum atomic E-state index is 12.0. The molecule has 0 spiro atoms. The summed E-state index contributed by atoms with van der Waals surface area (Å²) in [5, 5.41) is 4.51. The van der Waals surface area contributed by atoms with Crippen molar-refractivity contribution < 1.29 is 9.53 Å². The number of carbonyl (C=O) groups is 1. The fraction of sp³-hybridized carbons (Fsp3) is 0.500. The van der Waals surface area contributed by atoms with Crippen LogP contribution < -0.4 is 10.1 Å². The van der Waals surface area contributed by atoms with Crippen molar-refractivity contribution in [2.45, 2.75) is 6.42 Å². The van der Waals surface area contributed by atoms with E-state index in [1.54, 1.807) is 12.0 Å². The summed E-state index contributed by atoms with van der Waals surface area (Å²) in [6.45, 7) is 2.05. The Balaban J connectivity index is 2.35. The molecule has 0 aromatic heterocycles. The molecule has 0 saturated carbocycles. The number of halogens is 2. The van der Waals surface area contributed by atoms with Crippen LogP contribution in [0.3, 0.4) is 0 Å². The second kappa shape index (κ2) is 10.0. The highest BCUT2D eigenvalue weighted by atomic mass is 79.9. The van der Waals surface area contributed by atoms with Gasteiger partial charge in [0.05, 0.1) is 7.11 Å². The zero-order valence-corrected chi connectivity index (χ0v) is 14.7. The monoisotopic (exact) mass is 406 g/mol. The first-order valence-electron chi connectivity index (χ1n) is 6.49. The standard InChI is InChI=1S/C14H20Br2N2O2/c1-20-13-4-2-12(3-5-13)6-9-17-14(19)18(10-7-15)11-8-16/h2-5H,6-11H2,1H3,(H,17,19). The molecule has 0 fully saturated rings. The molecule has 1 aromatic carbocycles. The van der Waals surface area contributed by atoms with Crippen LogP contribution in [0, 0.1) is 0 Å². The SMILES string of the molecule is COc1ccc(CCNC(=O)N(CCBr)CCBr)cc1. The molecule has 112 valence electrons. The summed E-state index contributed by atoms with van der Waals surface area (Å²) in [6, 6.07) is 7.87. The molecule has 20 heavy (non-hydrogen) atoms. The van der Waals surface area contributed by atoms with Crippen LogP contribution in [0.25, 0.3) is 0 Å². The molecular formula is C14H20Br2N2O2. The number of amides is 2. The van der Waals surface area contributed by atoms with Crippen LogP contribution in [0.5, 0.6) is 5.75 Å². The summed E-state index contributed by atoms with van der Waals surface area (Å²) in [5.41, 5.74) is 1.18. The van der Waals surface area contributed by atoms with E-state index in [9.17, 15) is 4.79 Å². The lowest BCUT2D eigenvalue weighted by molar-refractivity contribution is 0.204. The lowest BCUT2D eigenvalue weighted by atomic mass is 10.1.